The van der Waals surface area contributed by atoms with Crippen molar-refractivity contribution < 1.29 is 4.79 Å². The second-order valence-electron chi connectivity index (χ2n) is 3.72. The van der Waals surface area contributed by atoms with Crippen LogP contribution in [0.3, 0.4) is 0 Å². The standard InChI is InChI=1S/C11H15N3O/c15-11(10-2-1-5-13-10)14-8-9-3-6-12-7-4-9/h3-4,6-7,10,13H,1-2,5,8H2,(H,14,15). The molecule has 1 amide bonds. The zero-order valence-corrected chi connectivity index (χ0v) is 8.57. The lowest BCUT2D eigenvalue weighted by Gasteiger charge is -2.10. The van der Waals surface area contributed by atoms with Gasteiger partial charge in [0, 0.05) is 18.9 Å². The van der Waals surface area contributed by atoms with Crippen LogP contribution in [0.25, 0.3) is 0 Å². The minimum Gasteiger partial charge on any atom is -0.351 e. The van der Waals surface area contributed by atoms with Gasteiger partial charge in [-0.2, -0.15) is 0 Å². The monoisotopic (exact) mass is 205 g/mol. The van der Waals surface area contributed by atoms with E-state index in [1.807, 2.05) is 12.1 Å². The predicted octanol–water partition coefficient (Wildman–Crippen LogP) is 0.450. The molecule has 1 unspecified atom stereocenters. The average Bonchev–Trinajstić information content (AvgIpc) is 2.81. The van der Waals surface area contributed by atoms with E-state index in [1.165, 1.54) is 0 Å². The molecule has 0 aromatic carbocycles. The molecule has 1 aliphatic rings. The van der Waals surface area contributed by atoms with Gasteiger partial charge in [-0.15, -0.1) is 0 Å². The number of amides is 1. The molecule has 1 saturated heterocycles. The molecule has 2 heterocycles. The highest BCUT2D eigenvalue weighted by atomic mass is 16.2. The van der Waals surface area contributed by atoms with Crippen LogP contribution in [0, 0.1) is 0 Å². The molecule has 0 aliphatic carbocycles. The fraction of sp³-hybridized carbons (Fsp3) is 0.455. The highest BCUT2D eigenvalue weighted by Crippen LogP contribution is 2.05. The Hall–Kier alpha value is -1.42. The van der Waals surface area contributed by atoms with E-state index in [0.29, 0.717) is 6.54 Å². The Labute approximate surface area is 89.1 Å². The summed E-state index contributed by atoms with van der Waals surface area (Å²) in [5, 5.41) is 6.08. The fourth-order valence-electron chi connectivity index (χ4n) is 1.72. The molecule has 0 spiro atoms. The second-order valence-corrected chi connectivity index (χ2v) is 3.72. The molecule has 0 saturated carbocycles. The van der Waals surface area contributed by atoms with Crippen LogP contribution in [-0.4, -0.2) is 23.5 Å². The first-order valence-electron chi connectivity index (χ1n) is 5.26. The van der Waals surface area contributed by atoms with Gasteiger partial charge in [0.25, 0.3) is 0 Å². The Morgan fingerprint density at radius 1 is 1.53 bits per heavy atom. The molecule has 80 valence electrons. The molecule has 1 aromatic heterocycles. The molecule has 1 fully saturated rings. The van der Waals surface area contributed by atoms with Crippen LogP contribution >= 0.6 is 0 Å². The molecule has 1 aliphatic heterocycles. The number of carbonyl (C=O) groups is 1. The number of rotatable bonds is 3. The topological polar surface area (TPSA) is 54.0 Å². The van der Waals surface area contributed by atoms with Crippen molar-refractivity contribution >= 4 is 5.91 Å². The zero-order valence-electron chi connectivity index (χ0n) is 8.57. The Kier molecular flexibility index (Phi) is 3.29. The maximum atomic E-state index is 11.6. The van der Waals surface area contributed by atoms with E-state index < -0.39 is 0 Å². The van der Waals surface area contributed by atoms with Crippen molar-refractivity contribution in [1.82, 2.24) is 15.6 Å². The highest BCUT2D eigenvalue weighted by Gasteiger charge is 2.21. The Bertz CT molecular complexity index is 320. The molecule has 0 bridgehead atoms. The number of aromatic nitrogens is 1. The SMILES string of the molecule is O=C(NCc1ccncc1)C1CCCN1. The molecule has 2 rings (SSSR count). The van der Waals surface area contributed by atoms with Crippen molar-refractivity contribution in [3.8, 4) is 0 Å². The van der Waals surface area contributed by atoms with Crippen LogP contribution in [0.15, 0.2) is 24.5 Å². The number of hydrogen-bond donors (Lipinski definition) is 2. The van der Waals surface area contributed by atoms with E-state index in [-0.39, 0.29) is 11.9 Å². The van der Waals surface area contributed by atoms with Gasteiger partial charge >= 0.3 is 0 Å². The lowest BCUT2D eigenvalue weighted by atomic mass is 10.2. The first kappa shape index (κ1) is 10.1. The van der Waals surface area contributed by atoms with E-state index >= 15 is 0 Å². The first-order chi connectivity index (χ1) is 7.36. The summed E-state index contributed by atoms with van der Waals surface area (Å²) in [5.41, 5.74) is 1.08. The number of hydrogen-bond acceptors (Lipinski definition) is 3. The lowest BCUT2D eigenvalue weighted by Crippen LogP contribution is -2.39. The van der Waals surface area contributed by atoms with Gasteiger partial charge < -0.3 is 10.6 Å². The average molecular weight is 205 g/mol. The Morgan fingerprint density at radius 3 is 3.00 bits per heavy atom. The van der Waals surface area contributed by atoms with E-state index in [4.69, 9.17) is 0 Å². The molecule has 4 heteroatoms. The van der Waals surface area contributed by atoms with E-state index in [1.54, 1.807) is 12.4 Å². The van der Waals surface area contributed by atoms with Crippen LogP contribution in [0.2, 0.25) is 0 Å². The highest BCUT2D eigenvalue weighted by molar-refractivity contribution is 5.81. The minimum atomic E-state index is 0.00633. The molecule has 1 aromatic rings. The zero-order chi connectivity index (χ0) is 10.5. The summed E-state index contributed by atoms with van der Waals surface area (Å²) >= 11 is 0. The van der Waals surface area contributed by atoms with Crippen LogP contribution in [0.1, 0.15) is 18.4 Å². The molecule has 4 nitrogen and oxygen atoms in total. The quantitative estimate of drug-likeness (QED) is 0.753. The number of nitrogens with one attached hydrogen (secondary N) is 2. The predicted molar refractivity (Wildman–Crippen MR) is 57.1 cm³/mol. The van der Waals surface area contributed by atoms with Gasteiger partial charge in [-0.25, -0.2) is 0 Å². The second kappa shape index (κ2) is 4.89. The van der Waals surface area contributed by atoms with Crippen LogP contribution in [-0.2, 0) is 11.3 Å². The number of pyridine rings is 1. The van der Waals surface area contributed by atoms with Crippen molar-refractivity contribution in [2.75, 3.05) is 6.54 Å². The van der Waals surface area contributed by atoms with Crippen molar-refractivity contribution in [3.05, 3.63) is 30.1 Å². The van der Waals surface area contributed by atoms with Gasteiger partial charge in [0.2, 0.25) is 5.91 Å². The summed E-state index contributed by atoms with van der Waals surface area (Å²) < 4.78 is 0. The maximum Gasteiger partial charge on any atom is 0.237 e. The largest absolute Gasteiger partial charge is 0.351 e. The Balaban J connectivity index is 1.80. The number of nitrogens with zero attached hydrogens (tertiary/aromatic N) is 1. The lowest BCUT2D eigenvalue weighted by molar-refractivity contribution is -0.122. The van der Waals surface area contributed by atoms with E-state index in [2.05, 4.69) is 15.6 Å². The summed E-state index contributed by atoms with van der Waals surface area (Å²) in [6, 6.07) is 3.82. The summed E-state index contributed by atoms with van der Waals surface area (Å²) in [4.78, 5) is 15.6. The molecular formula is C11H15N3O. The Morgan fingerprint density at radius 2 is 2.33 bits per heavy atom. The van der Waals surface area contributed by atoms with E-state index in [0.717, 1.165) is 24.9 Å². The summed E-state index contributed by atoms with van der Waals surface area (Å²) in [7, 11) is 0. The van der Waals surface area contributed by atoms with E-state index in [9.17, 15) is 4.79 Å². The van der Waals surface area contributed by atoms with Gasteiger partial charge in [-0.3, -0.25) is 9.78 Å². The molecule has 15 heavy (non-hydrogen) atoms. The fourth-order valence-corrected chi connectivity index (χ4v) is 1.72. The van der Waals surface area contributed by atoms with Gasteiger partial charge in [0.15, 0.2) is 0 Å². The number of carbonyl (C=O) groups excluding carboxylic acids is 1. The summed E-state index contributed by atoms with van der Waals surface area (Å²) in [6.07, 6.45) is 5.50. The van der Waals surface area contributed by atoms with Gasteiger partial charge in [0.05, 0.1) is 6.04 Å². The normalized spacial score (nSPS) is 20.1. The van der Waals surface area contributed by atoms with Crippen molar-refractivity contribution in [2.45, 2.75) is 25.4 Å². The third-order valence-electron chi connectivity index (χ3n) is 2.59. The third kappa shape index (κ3) is 2.76. The van der Waals surface area contributed by atoms with Crippen LogP contribution in [0.5, 0.6) is 0 Å². The molecular weight excluding hydrogens is 190 g/mol. The molecule has 0 radical (unpaired) electrons. The van der Waals surface area contributed by atoms with Crippen molar-refractivity contribution in [3.63, 3.8) is 0 Å². The van der Waals surface area contributed by atoms with Gasteiger partial charge in [-0.1, -0.05) is 0 Å². The van der Waals surface area contributed by atoms with Crippen molar-refractivity contribution in [1.29, 1.82) is 0 Å². The molecule has 2 N–H and O–H groups in total. The molecule has 1 atom stereocenters. The minimum absolute atomic E-state index is 0.00633. The van der Waals surface area contributed by atoms with Crippen LogP contribution < -0.4 is 10.6 Å². The van der Waals surface area contributed by atoms with Crippen molar-refractivity contribution in [2.24, 2.45) is 0 Å². The third-order valence-corrected chi connectivity index (χ3v) is 2.59. The smallest absolute Gasteiger partial charge is 0.237 e. The first-order valence-corrected chi connectivity index (χ1v) is 5.26. The van der Waals surface area contributed by atoms with Crippen LogP contribution in [0.4, 0.5) is 0 Å². The van der Waals surface area contributed by atoms with Gasteiger partial charge in [0.1, 0.15) is 0 Å². The van der Waals surface area contributed by atoms with Gasteiger partial charge in [-0.05, 0) is 37.1 Å². The summed E-state index contributed by atoms with van der Waals surface area (Å²) in [6.45, 7) is 1.53. The maximum absolute atomic E-state index is 11.6. The summed E-state index contributed by atoms with van der Waals surface area (Å²) in [5.74, 6) is 0.101.